The summed E-state index contributed by atoms with van der Waals surface area (Å²) in [6.07, 6.45) is 4.14. The van der Waals surface area contributed by atoms with Gasteiger partial charge in [-0.15, -0.1) is 0 Å². The van der Waals surface area contributed by atoms with Crippen LogP contribution in [0.25, 0.3) is 0 Å². The second kappa shape index (κ2) is 3.99. The Kier molecular flexibility index (Phi) is 2.91. The lowest BCUT2D eigenvalue weighted by atomic mass is 9.79. The first kappa shape index (κ1) is 9.50. The van der Waals surface area contributed by atoms with Crippen LogP contribution in [-0.2, 0) is 0 Å². The zero-order valence-electron chi connectivity index (χ0n) is 8.45. The molecule has 0 saturated carbocycles. The van der Waals surface area contributed by atoms with Gasteiger partial charge in [-0.2, -0.15) is 0 Å². The topological polar surface area (TPSA) is 26.7 Å². The van der Waals surface area contributed by atoms with Gasteiger partial charge < -0.3 is 9.83 Å². The van der Waals surface area contributed by atoms with Gasteiger partial charge in [-0.25, -0.2) is 0 Å². The first-order chi connectivity index (χ1) is 6.27. The summed E-state index contributed by atoms with van der Waals surface area (Å²) in [5, 5.41) is 9.30. The first-order valence-electron chi connectivity index (χ1n) is 5.43. The maximum Gasteiger partial charge on any atom is 0.376 e. The van der Waals surface area contributed by atoms with Gasteiger partial charge in [0.1, 0.15) is 0 Å². The number of hydrogen-bond acceptors (Lipinski definition) is 3. The van der Waals surface area contributed by atoms with Gasteiger partial charge in [-0.05, 0) is 32.8 Å². The van der Waals surface area contributed by atoms with Gasteiger partial charge in [0.15, 0.2) is 0 Å². The Balaban J connectivity index is 1.72. The van der Waals surface area contributed by atoms with Crippen molar-refractivity contribution in [2.45, 2.75) is 32.1 Å². The van der Waals surface area contributed by atoms with Gasteiger partial charge in [0.05, 0.1) is 0 Å². The summed E-state index contributed by atoms with van der Waals surface area (Å²) in [5.41, 5.74) is 0. The molecule has 0 atom stereocenters. The molecular formula is C9H19BN2O. The van der Waals surface area contributed by atoms with Crippen LogP contribution in [0.3, 0.4) is 0 Å². The predicted molar refractivity (Wildman–Crippen MR) is 54.6 cm³/mol. The Morgan fingerprint density at radius 1 is 1.15 bits per heavy atom. The van der Waals surface area contributed by atoms with Crippen LogP contribution in [0.1, 0.15) is 19.3 Å². The number of hydrogen-bond donors (Lipinski definition) is 1. The smallest absolute Gasteiger partial charge is 0.376 e. The second-order valence-corrected chi connectivity index (χ2v) is 4.34. The third-order valence-electron chi connectivity index (χ3n) is 3.33. The highest BCUT2D eigenvalue weighted by Crippen LogP contribution is 2.19. The van der Waals surface area contributed by atoms with E-state index < -0.39 is 0 Å². The van der Waals surface area contributed by atoms with E-state index in [0.717, 1.165) is 19.1 Å². The van der Waals surface area contributed by atoms with E-state index in [1.54, 1.807) is 0 Å². The highest BCUT2D eigenvalue weighted by Gasteiger charge is 2.35. The molecule has 0 bridgehead atoms. The highest BCUT2D eigenvalue weighted by molar-refractivity contribution is 6.45. The summed E-state index contributed by atoms with van der Waals surface area (Å²) < 4.78 is 0. The van der Waals surface area contributed by atoms with Crippen molar-refractivity contribution in [2.24, 2.45) is 0 Å². The molecule has 0 unspecified atom stereocenters. The summed E-state index contributed by atoms with van der Waals surface area (Å²) in [7, 11) is -0.249. The quantitative estimate of drug-likeness (QED) is 0.621. The van der Waals surface area contributed by atoms with Crippen molar-refractivity contribution < 1.29 is 5.02 Å². The fraction of sp³-hybridized carbons (Fsp3) is 1.00. The van der Waals surface area contributed by atoms with Crippen molar-refractivity contribution in [1.82, 2.24) is 9.71 Å². The number of likely N-dealkylation sites (tertiary alicyclic amines) is 1. The molecule has 2 fully saturated rings. The Labute approximate surface area is 80.8 Å². The molecule has 2 aliphatic rings. The Bertz CT molecular complexity index is 165. The first-order valence-corrected chi connectivity index (χ1v) is 5.43. The maximum atomic E-state index is 9.30. The zero-order valence-corrected chi connectivity index (χ0v) is 8.45. The van der Waals surface area contributed by atoms with Crippen molar-refractivity contribution in [3.63, 3.8) is 0 Å². The molecule has 0 aliphatic carbocycles. The van der Waals surface area contributed by atoms with E-state index in [-0.39, 0.29) is 7.05 Å². The minimum Gasteiger partial charge on any atom is -0.437 e. The summed E-state index contributed by atoms with van der Waals surface area (Å²) in [5.74, 6) is 0. The molecule has 13 heavy (non-hydrogen) atoms. The fourth-order valence-electron chi connectivity index (χ4n) is 2.31. The Morgan fingerprint density at radius 3 is 2.31 bits per heavy atom. The van der Waals surface area contributed by atoms with Crippen LogP contribution in [0.5, 0.6) is 0 Å². The largest absolute Gasteiger partial charge is 0.437 e. The van der Waals surface area contributed by atoms with E-state index in [1.807, 2.05) is 6.82 Å². The van der Waals surface area contributed by atoms with Crippen molar-refractivity contribution in [3.05, 3.63) is 0 Å². The molecule has 1 N–H and O–H groups in total. The van der Waals surface area contributed by atoms with Crippen molar-refractivity contribution in [1.29, 1.82) is 0 Å². The number of piperidine rings is 1. The van der Waals surface area contributed by atoms with Crippen LogP contribution in [0.15, 0.2) is 0 Å². The number of rotatable bonds is 2. The molecule has 0 amide bonds. The summed E-state index contributed by atoms with van der Waals surface area (Å²) in [6.45, 7) is 6.54. The molecule has 2 saturated heterocycles. The van der Waals surface area contributed by atoms with Crippen LogP contribution in [0, 0.1) is 0 Å². The lowest BCUT2D eigenvalue weighted by molar-refractivity contribution is 0.0617. The molecule has 3 nitrogen and oxygen atoms in total. The minimum absolute atomic E-state index is 0.249. The lowest BCUT2D eigenvalue weighted by Crippen LogP contribution is -2.63. The van der Waals surface area contributed by atoms with E-state index >= 15 is 0 Å². The van der Waals surface area contributed by atoms with Gasteiger partial charge >= 0.3 is 7.05 Å². The Hall–Kier alpha value is -0.0551. The molecule has 0 aromatic heterocycles. The monoisotopic (exact) mass is 182 g/mol. The standard InChI is InChI=1S/C9H19BN2O/c1-10(13)12-7-9(8-12)11-5-3-2-4-6-11/h9,13H,2-8H2,1H3. The van der Waals surface area contributed by atoms with Gasteiger partial charge in [0.25, 0.3) is 0 Å². The van der Waals surface area contributed by atoms with E-state index in [0.29, 0.717) is 0 Å². The zero-order chi connectivity index (χ0) is 9.26. The van der Waals surface area contributed by atoms with Crippen molar-refractivity contribution >= 4 is 7.05 Å². The molecule has 2 aliphatic heterocycles. The van der Waals surface area contributed by atoms with Crippen molar-refractivity contribution in [2.75, 3.05) is 26.2 Å². The van der Waals surface area contributed by atoms with Gasteiger partial charge in [0, 0.05) is 19.1 Å². The van der Waals surface area contributed by atoms with Crippen LogP contribution >= 0.6 is 0 Å². The SMILES string of the molecule is CB(O)N1CC(N2CCCCC2)C1. The molecule has 0 aromatic carbocycles. The third kappa shape index (κ3) is 2.06. The van der Waals surface area contributed by atoms with Gasteiger partial charge in [0.2, 0.25) is 0 Å². The molecule has 0 spiro atoms. The van der Waals surface area contributed by atoms with Crippen LogP contribution < -0.4 is 0 Å². The van der Waals surface area contributed by atoms with E-state index in [4.69, 9.17) is 0 Å². The molecule has 0 radical (unpaired) electrons. The van der Waals surface area contributed by atoms with Gasteiger partial charge in [-0.1, -0.05) is 6.42 Å². The molecule has 74 valence electrons. The van der Waals surface area contributed by atoms with E-state index in [1.165, 1.54) is 32.4 Å². The summed E-state index contributed by atoms with van der Waals surface area (Å²) >= 11 is 0. The lowest BCUT2D eigenvalue weighted by Gasteiger charge is -2.47. The highest BCUT2D eigenvalue weighted by atomic mass is 16.2. The van der Waals surface area contributed by atoms with Gasteiger partial charge in [-0.3, -0.25) is 4.90 Å². The molecule has 2 heterocycles. The van der Waals surface area contributed by atoms with E-state index in [9.17, 15) is 5.02 Å². The van der Waals surface area contributed by atoms with E-state index in [2.05, 4.69) is 9.71 Å². The normalized spacial score (nSPS) is 27.2. The molecular weight excluding hydrogens is 163 g/mol. The molecule has 2 rings (SSSR count). The van der Waals surface area contributed by atoms with Crippen LogP contribution in [-0.4, -0.2) is 54.0 Å². The predicted octanol–water partition coefficient (Wildman–Crippen LogP) is 0.267. The van der Waals surface area contributed by atoms with Crippen molar-refractivity contribution in [3.8, 4) is 0 Å². The van der Waals surface area contributed by atoms with Crippen LogP contribution in [0.2, 0.25) is 6.82 Å². The summed E-state index contributed by atoms with van der Waals surface area (Å²) in [4.78, 5) is 4.71. The van der Waals surface area contributed by atoms with Crippen LogP contribution in [0.4, 0.5) is 0 Å². The third-order valence-corrected chi connectivity index (χ3v) is 3.33. The minimum atomic E-state index is -0.249. The second-order valence-electron chi connectivity index (χ2n) is 4.34. The fourth-order valence-corrected chi connectivity index (χ4v) is 2.31. The number of nitrogens with zero attached hydrogens (tertiary/aromatic N) is 2. The maximum absolute atomic E-state index is 9.30. The molecule has 4 heteroatoms. The average Bonchev–Trinajstić information content (AvgIpc) is 2.02. The summed E-state index contributed by atoms with van der Waals surface area (Å²) in [6, 6.07) is 0.731. The average molecular weight is 182 g/mol. The Morgan fingerprint density at radius 2 is 1.77 bits per heavy atom. The molecule has 0 aromatic rings.